The first-order valence-electron chi connectivity index (χ1n) is 8.43. The van der Waals surface area contributed by atoms with E-state index in [1.165, 1.54) is 6.07 Å². The monoisotopic (exact) mass is 330 g/mol. The number of para-hydroxylation sites is 1. The molecule has 1 N–H and O–H groups in total. The molecule has 1 aliphatic carbocycles. The van der Waals surface area contributed by atoms with E-state index in [1.807, 2.05) is 0 Å². The number of rotatable bonds is 2. The number of hydrogen-bond acceptors (Lipinski definition) is 4. The molecule has 0 saturated heterocycles. The van der Waals surface area contributed by atoms with Crippen LogP contribution in [0.1, 0.15) is 59.1 Å². The molecular weight excluding hydrogens is 311 g/mol. The van der Waals surface area contributed by atoms with Gasteiger partial charge in [-0.25, -0.2) is 4.39 Å². The van der Waals surface area contributed by atoms with Gasteiger partial charge in [0.1, 0.15) is 5.76 Å². The lowest BCUT2D eigenvalue weighted by molar-refractivity contribution is 0.0924. The van der Waals surface area contributed by atoms with Gasteiger partial charge in [-0.3, -0.25) is 4.79 Å². The van der Waals surface area contributed by atoms with Crippen LogP contribution in [0.15, 0.2) is 22.7 Å². The molecule has 0 spiro atoms. The predicted molar refractivity (Wildman–Crippen MR) is 84.5 cm³/mol. The van der Waals surface area contributed by atoms with Gasteiger partial charge in [0.25, 0.3) is 5.91 Å². The molecule has 0 fully saturated rings. The number of nitrogens with one attached hydrogen (secondary N) is 1. The Morgan fingerprint density at radius 3 is 3.04 bits per heavy atom. The first kappa shape index (κ1) is 15.2. The van der Waals surface area contributed by atoms with Gasteiger partial charge in [-0.2, -0.15) is 0 Å². The summed E-state index contributed by atoms with van der Waals surface area (Å²) in [6.07, 6.45) is 5.20. The van der Waals surface area contributed by atoms with Crippen LogP contribution in [0.4, 0.5) is 4.39 Å². The highest BCUT2D eigenvalue weighted by atomic mass is 19.1. The van der Waals surface area contributed by atoms with Crippen molar-refractivity contribution in [2.24, 2.45) is 0 Å². The maximum absolute atomic E-state index is 14.0. The molecule has 2 aliphatic rings. The van der Waals surface area contributed by atoms with E-state index in [4.69, 9.17) is 9.26 Å². The van der Waals surface area contributed by atoms with Crippen molar-refractivity contribution in [1.29, 1.82) is 0 Å². The minimum absolute atomic E-state index is 0.238. The van der Waals surface area contributed by atoms with Crippen molar-refractivity contribution in [3.8, 4) is 5.75 Å². The molecule has 5 nitrogen and oxygen atoms in total. The van der Waals surface area contributed by atoms with Crippen LogP contribution in [0, 0.1) is 5.82 Å². The second-order valence-electron chi connectivity index (χ2n) is 6.31. The maximum atomic E-state index is 14.0. The number of hydrogen-bond donors (Lipinski definition) is 1. The molecular formula is C18H19FN2O3. The quantitative estimate of drug-likeness (QED) is 0.917. The Labute approximate surface area is 139 Å². The number of carbonyl (C=O) groups excluding carboxylic acids is 1. The summed E-state index contributed by atoms with van der Waals surface area (Å²) in [5.41, 5.74) is 1.97. The number of carbonyl (C=O) groups is 1. The van der Waals surface area contributed by atoms with Gasteiger partial charge in [-0.1, -0.05) is 17.3 Å². The van der Waals surface area contributed by atoms with Crippen molar-refractivity contribution in [3.63, 3.8) is 0 Å². The zero-order chi connectivity index (χ0) is 16.5. The number of benzene rings is 1. The summed E-state index contributed by atoms with van der Waals surface area (Å²) < 4.78 is 24.8. The number of aromatic nitrogens is 1. The molecule has 1 atom stereocenters. The minimum Gasteiger partial charge on any atom is -0.490 e. The van der Waals surface area contributed by atoms with Crippen LogP contribution in [0.3, 0.4) is 0 Å². The average molecular weight is 330 g/mol. The van der Waals surface area contributed by atoms with E-state index >= 15 is 0 Å². The van der Waals surface area contributed by atoms with E-state index in [1.54, 1.807) is 12.1 Å². The fraction of sp³-hybridized carbons (Fsp3) is 0.444. The molecule has 1 aromatic heterocycles. The topological polar surface area (TPSA) is 64.4 Å². The molecule has 1 aliphatic heterocycles. The normalized spacial score (nSPS) is 19.6. The fourth-order valence-corrected chi connectivity index (χ4v) is 3.51. The molecule has 0 radical (unpaired) electrons. The highest BCUT2D eigenvalue weighted by molar-refractivity contribution is 5.94. The van der Waals surface area contributed by atoms with E-state index in [9.17, 15) is 9.18 Å². The largest absolute Gasteiger partial charge is 0.490 e. The highest BCUT2D eigenvalue weighted by Crippen LogP contribution is 2.34. The molecule has 0 saturated carbocycles. The Kier molecular flexibility index (Phi) is 3.96. The van der Waals surface area contributed by atoms with Crippen LogP contribution in [0.25, 0.3) is 0 Å². The van der Waals surface area contributed by atoms with Crippen LogP contribution in [-0.2, 0) is 12.8 Å². The molecule has 2 aromatic rings. The summed E-state index contributed by atoms with van der Waals surface area (Å²) in [5.74, 6) is 0.404. The summed E-state index contributed by atoms with van der Waals surface area (Å²) in [6, 6.07) is 4.52. The van der Waals surface area contributed by atoms with Gasteiger partial charge in [0.2, 0.25) is 0 Å². The lowest BCUT2D eigenvalue weighted by Gasteiger charge is -2.18. The Bertz CT molecular complexity index is 772. The Morgan fingerprint density at radius 1 is 1.25 bits per heavy atom. The number of amides is 1. The average Bonchev–Trinajstić information content (AvgIpc) is 2.92. The zero-order valence-corrected chi connectivity index (χ0v) is 13.3. The zero-order valence-electron chi connectivity index (χ0n) is 13.3. The number of nitrogens with zero attached hydrogens (tertiary/aromatic N) is 1. The molecule has 0 bridgehead atoms. The Balaban J connectivity index is 1.60. The van der Waals surface area contributed by atoms with E-state index in [-0.39, 0.29) is 17.7 Å². The van der Waals surface area contributed by atoms with Crippen LogP contribution >= 0.6 is 0 Å². The SMILES string of the molecule is O=C(NC1CCCOc2c(F)cccc21)c1noc2c1CCCC2. The van der Waals surface area contributed by atoms with Crippen molar-refractivity contribution < 1.29 is 18.4 Å². The van der Waals surface area contributed by atoms with Gasteiger partial charge in [0, 0.05) is 17.5 Å². The van der Waals surface area contributed by atoms with E-state index < -0.39 is 5.82 Å². The number of fused-ring (bicyclic) bond motifs is 2. The van der Waals surface area contributed by atoms with Crippen LogP contribution in [-0.4, -0.2) is 17.7 Å². The third kappa shape index (κ3) is 2.66. The van der Waals surface area contributed by atoms with Gasteiger partial charge in [-0.15, -0.1) is 0 Å². The van der Waals surface area contributed by atoms with Crippen molar-refractivity contribution in [2.75, 3.05) is 6.61 Å². The van der Waals surface area contributed by atoms with Crippen LogP contribution < -0.4 is 10.1 Å². The second-order valence-corrected chi connectivity index (χ2v) is 6.31. The van der Waals surface area contributed by atoms with Crippen molar-refractivity contribution in [1.82, 2.24) is 10.5 Å². The molecule has 4 rings (SSSR count). The van der Waals surface area contributed by atoms with Crippen molar-refractivity contribution in [2.45, 2.75) is 44.6 Å². The Morgan fingerprint density at radius 2 is 2.12 bits per heavy atom. The highest BCUT2D eigenvalue weighted by Gasteiger charge is 2.28. The molecule has 24 heavy (non-hydrogen) atoms. The van der Waals surface area contributed by atoms with Gasteiger partial charge >= 0.3 is 0 Å². The van der Waals surface area contributed by atoms with Crippen molar-refractivity contribution in [3.05, 3.63) is 46.6 Å². The smallest absolute Gasteiger partial charge is 0.274 e. The molecule has 2 heterocycles. The standard InChI is InChI=1S/C18H19FN2O3/c19-13-7-3-6-11-14(8-4-10-23-17(11)13)20-18(22)16-12-5-1-2-9-15(12)24-21-16/h3,6-7,14H,1-2,4-5,8-10H2,(H,20,22). The predicted octanol–water partition coefficient (Wildman–Crippen LogP) is 3.34. The summed E-state index contributed by atoms with van der Waals surface area (Å²) in [6.45, 7) is 0.444. The summed E-state index contributed by atoms with van der Waals surface area (Å²) in [4.78, 5) is 12.7. The lowest BCUT2D eigenvalue weighted by Crippen LogP contribution is -2.29. The van der Waals surface area contributed by atoms with E-state index in [0.29, 0.717) is 24.3 Å². The van der Waals surface area contributed by atoms with Crippen LogP contribution in [0.5, 0.6) is 5.75 Å². The minimum atomic E-state index is -0.396. The van der Waals surface area contributed by atoms with Gasteiger partial charge in [0.05, 0.1) is 12.6 Å². The van der Waals surface area contributed by atoms with Gasteiger partial charge in [0.15, 0.2) is 17.3 Å². The second kappa shape index (κ2) is 6.26. The first-order valence-corrected chi connectivity index (χ1v) is 8.43. The third-order valence-corrected chi connectivity index (χ3v) is 4.73. The molecule has 126 valence electrons. The molecule has 6 heteroatoms. The fourth-order valence-electron chi connectivity index (χ4n) is 3.51. The van der Waals surface area contributed by atoms with Crippen molar-refractivity contribution >= 4 is 5.91 Å². The molecule has 1 aromatic carbocycles. The van der Waals surface area contributed by atoms with E-state index in [0.717, 1.165) is 43.4 Å². The summed E-state index contributed by atoms with van der Waals surface area (Å²) in [7, 11) is 0. The molecule has 1 amide bonds. The first-order chi connectivity index (χ1) is 11.7. The number of halogens is 1. The maximum Gasteiger partial charge on any atom is 0.274 e. The number of ether oxygens (including phenoxy) is 1. The summed E-state index contributed by atoms with van der Waals surface area (Å²) >= 11 is 0. The third-order valence-electron chi connectivity index (χ3n) is 4.73. The van der Waals surface area contributed by atoms with E-state index in [2.05, 4.69) is 10.5 Å². The van der Waals surface area contributed by atoms with Gasteiger partial charge < -0.3 is 14.6 Å². The van der Waals surface area contributed by atoms with Crippen LogP contribution in [0.2, 0.25) is 0 Å². The number of aryl methyl sites for hydroxylation is 1. The Hall–Kier alpha value is -2.37. The lowest BCUT2D eigenvalue weighted by atomic mass is 9.96. The molecule has 1 unspecified atom stereocenters. The summed E-state index contributed by atoms with van der Waals surface area (Å²) in [5, 5.41) is 6.95. The van der Waals surface area contributed by atoms with Gasteiger partial charge in [-0.05, 0) is 38.2 Å².